The number of methoxy groups -OCH3 is 1. The molecule has 1 heterocycles. The minimum Gasteiger partial charge on any atom is -0.495 e. The van der Waals surface area contributed by atoms with E-state index in [9.17, 15) is 9.59 Å². The normalized spacial score (nSPS) is 18.4. The zero-order chi connectivity index (χ0) is 21.0. The van der Waals surface area contributed by atoms with Gasteiger partial charge in [-0.05, 0) is 36.8 Å². The Morgan fingerprint density at radius 1 is 1.45 bits per heavy atom. The highest BCUT2D eigenvalue weighted by molar-refractivity contribution is 8.01. The summed E-state index contributed by atoms with van der Waals surface area (Å²) < 4.78 is 6.23. The molecule has 156 valence electrons. The van der Waals surface area contributed by atoms with Crippen molar-refractivity contribution in [3.8, 4) is 5.75 Å². The number of carbonyl (C=O) groups excluding carboxylic acids is 1. The quantitative estimate of drug-likeness (QED) is 0.583. The van der Waals surface area contributed by atoms with Crippen LogP contribution in [0.4, 0.5) is 9.93 Å². The van der Waals surface area contributed by atoms with Crippen LogP contribution in [0.25, 0.3) is 0 Å². The molecular formula is C19H22ClN3O4S2. The van der Waals surface area contributed by atoms with Gasteiger partial charge in [-0.3, -0.25) is 10.1 Å². The van der Waals surface area contributed by atoms with Crippen molar-refractivity contribution in [2.24, 2.45) is 0 Å². The fraction of sp³-hybridized carbons (Fsp3) is 0.421. The first-order valence-corrected chi connectivity index (χ1v) is 11.2. The number of aromatic nitrogens is 1. The number of hydrogen-bond donors (Lipinski definition) is 2. The fourth-order valence-electron chi connectivity index (χ4n) is 3.52. The van der Waals surface area contributed by atoms with Crippen molar-refractivity contribution in [3.05, 3.63) is 35.0 Å². The van der Waals surface area contributed by atoms with Crippen molar-refractivity contribution < 1.29 is 19.4 Å². The van der Waals surface area contributed by atoms with Crippen LogP contribution in [0, 0.1) is 0 Å². The topological polar surface area (TPSA) is 91.8 Å². The van der Waals surface area contributed by atoms with Crippen molar-refractivity contribution in [1.82, 2.24) is 9.88 Å². The second-order valence-corrected chi connectivity index (χ2v) is 9.45. The van der Waals surface area contributed by atoms with Gasteiger partial charge in [-0.1, -0.05) is 35.1 Å². The number of thioether (sulfide) groups is 1. The highest BCUT2D eigenvalue weighted by Gasteiger charge is 2.32. The number of amides is 2. The van der Waals surface area contributed by atoms with Crippen molar-refractivity contribution in [2.45, 2.75) is 35.4 Å². The first-order valence-electron chi connectivity index (χ1n) is 9.05. The van der Waals surface area contributed by atoms with Crippen LogP contribution >= 0.6 is 34.7 Å². The molecule has 1 aromatic carbocycles. The maximum Gasteiger partial charge on any atom is 0.323 e. The number of rotatable bonds is 7. The second kappa shape index (κ2) is 9.69. The molecule has 1 fully saturated rings. The first kappa shape index (κ1) is 21.7. The maximum atomic E-state index is 12.6. The van der Waals surface area contributed by atoms with Gasteiger partial charge >= 0.3 is 12.0 Å². The van der Waals surface area contributed by atoms with E-state index in [1.807, 2.05) is 18.2 Å². The summed E-state index contributed by atoms with van der Waals surface area (Å²) in [6.45, 7) is 0. The summed E-state index contributed by atoms with van der Waals surface area (Å²) in [5, 5.41) is 12.6. The molecule has 3 rings (SSSR count). The smallest absolute Gasteiger partial charge is 0.323 e. The molecule has 1 aliphatic rings. The molecule has 1 aliphatic carbocycles. The van der Waals surface area contributed by atoms with E-state index in [0.717, 1.165) is 29.0 Å². The molecule has 2 atom stereocenters. The zero-order valence-electron chi connectivity index (χ0n) is 16.1. The van der Waals surface area contributed by atoms with Crippen LogP contribution in [0.2, 0.25) is 5.02 Å². The van der Waals surface area contributed by atoms with Crippen LogP contribution in [-0.2, 0) is 4.79 Å². The van der Waals surface area contributed by atoms with E-state index in [1.54, 1.807) is 25.3 Å². The number of anilines is 1. The van der Waals surface area contributed by atoms with Gasteiger partial charge in [-0.2, -0.15) is 0 Å². The van der Waals surface area contributed by atoms with Crippen LogP contribution in [0.15, 0.2) is 28.6 Å². The van der Waals surface area contributed by atoms with E-state index in [-0.39, 0.29) is 23.7 Å². The molecule has 0 bridgehead atoms. The largest absolute Gasteiger partial charge is 0.495 e. The van der Waals surface area contributed by atoms with Gasteiger partial charge in [0.15, 0.2) is 5.13 Å². The Kier molecular flexibility index (Phi) is 7.26. The Hall–Kier alpha value is -1.97. The van der Waals surface area contributed by atoms with E-state index >= 15 is 0 Å². The monoisotopic (exact) mass is 455 g/mol. The maximum absolute atomic E-state index is 12.6. The van der Waals surface area contributed by atoms with Crippen molar-refractivity contribution in [2.75, 3.05) is 25.2 Å². The predicted octanol–water partition coefficient (Wildman–Crippen LogP) is 4.78. The number of carboxylic acids is 1. The van der Waals surface area contributed by atoms with Crippen molar-refractivity contribution in [3.63, 3.8) is 0 Å². The number of nitrogens with zero attached hydrogens (tertiary/aromatic N) is 2. The number of urea groups is 1. The van der Waals surface area contributed by atoms with E-state index in [1.165, 1.54) is 23.1 Å². The Morgan fingerprint density at radius 3 is 2.97 bits per heavy atom. The van der Waals surface area contributed by atoms with Crippen molar-refractivity contribution in [1.29, 1.82) is 0 Å². The number of halogens is 1. The lowest BCUT2D eigenvalue weighted by Crippen LogP contribution is -2.38. The zero-order valence-corrected chi connectivity index (χ0v) is 18.4. The number of hydrogen-bond acceptors (Lipinski definition) is 6. The molecule has 0 spiro atoms. The third-order valence-electron chi connectivity index (χ3n) is 4.95. The average molecular weight is 456 g/mol. The third-order valence-corrected chi connectivity index (χ3v) is 7.34. The molecule has 0 radical (unpaired) electrons. The number of carbonyl (C=O) groups is 2. The van der Waals surface area contributed by atoms with E-state index < -0.39 is 5.97 Å². The standard InChI is InChI=1S/C19H22ClN3O4S2/c1-23(19(26)22-18-21-9-16(29-18)28-10-15(24)25)12-7-6-11(8-12)13-4-3-5-14(20)17(13)27-2/h3-5,9,11-12H,6-8,10H2,1-2H3,(H,24,25)(H,21,22,26). The fourth-order valence-corrected chi connectivity index (χ4v) is 5.36. The summed E-state index contributed by atoms with van der Waals surface area (Å²) in [7, 11) is 3.40. The lowest BCUT2D eigenvalue weighted by molar-refractivity contribution is -0.133. The van der Waals surface area contributed by atoms with Gasteiger partial charge < -0.3 is 14.7 Å². The van der Waals surface area contributed by atoms with Gasteiger partial charge in [0, 0.05) is 13.1 Å². The Morgan fingerprint density at radius 2 is 2.24 bits per heavy atom. The van der Waals surface area contributed by atoms with Crippen LogP contribution in [0.3, 0.4) is 0 Å². The number of aliphatic carboxylic acids is 1. The summed E-state index contributed by atoms with van der Waals surface area (Å²) in [6, 6.07) is 5.64. The van der Waals surface area contributed by atoms with Gasteiger partial charge in [0.05, 0.1) is 28.3 Å². The summed E-state index contributed by atoms with van der Waals surface area (Å²) in [4.78, 5) is 29.1. The molecule has 1 aromatic heterocycles. The van der Waals surface area contributed by atoms with Crippen LogP contribution in [-0.4, -0.2) is 52.9 Å². The van der Waals surface area contributed by atoms with Gasteiger partial charge in [-0.25, -0.2) is 9.78 Å². The van der Waals surface area contributed by atoms with Crippen LogP contribution in [0.5, 0.6) is 5.75 Å². The molecule has 7 nitrogen and oxygen atoms in total. The molecule has 2 N–H and O–H groups in total. The predicted molar refractivity (Wildman–Crippen MR) is 116 cm³/mol. The molecule has 10 heteroatoms. The summed E-state index contributed by atoms with van der Waals surface area (Å²) in [5.41, 5.74) is 1.08. The molecular weight excluding hydrogens is 434 g/mol. The number of thiazole rings is 1. The van der Waals surface area contributed by atoms with E-state index in [4.69, 9.17) is 21.4 Å². The number of ether oxygens (including phenoxy) is 1. The minimum absolute atomic E-state index is 0.0358. The molecule has 2 aromatic rings. The molecule has 2 amide bonds. The van der Waals surface area contributed by atoms with Crippen molar-refractivity contribution >= 4 is 51.8 Å². The first-order chi connectivity index (χ1) is 13.9. The van der Waals surface area contributed by atoms with Crippen LogP contribution in [0.1, 0.15) is 30.7 Å². The number of carboxylic acid groups (broad SMARTS) is 1. The van der Waals surface area contributed by atoms with Gasteiger partial charge in [0.25, 0.3) is 0 Å². The Labute approximate surface area is 182 Å². The summed E-state index contributed by atoms with van der Waals surface area (Å²) in [6.07, 6.45) is 4.25. The lowest BCUT2D eigenvalue weighted by atomic mass is 9.96. The Balaban J connectivity index is 1.59. The number of para-hydroxylation sites is 1. The molecule has 0 saturated heterocycles. The summed E-state index contributed by atoms with van der Waals surface area (Å²) in [5.74, 6) is 0.0658. The molecule has 2 unspecified atom stereocenters. The highest BCUT2D eigenvalue weighted by Crippen LogP contribution is 2.43. The molecule has 0 aliphatic heterocycles. The average Bonchev–Trinajstić information content (AvgIpc) is 3.35. The van der Waals surface area contributed by atoms with E-state index in [0.29, 0.717) is 15.9 Å². The second-order valence-electron chi connectivity index (χ2n) is 6.73. The van der Waals surface area contributed by atoms with Gasteiger partial charge in [-0.15, -0.1) is 11.8 Å². The van der Waals surface area contributed by atoms with Crippen LogP contribution < -0.4 is 10.1 Å². The van der Waals surface area contributed by atoms with E-state index in [2.05, 4.69) is 10.3 Å². The Bertz CT molecular complexity index is 892. The molecule has 29 heavy (non-hydrogen) atoms. The SMILES string of the molecule is COc1c(Cl)cccc1C1CCC(N(C)C(=O)Nc2ncc(SCC(=O)O)s2)C1. The number of nitrogens with one attached hydrogen (secondary N) is 1. The lowest BCUT2D eigenvalue weighted by Gasteiger charge is -2.24. The van der Waals surface area contributed by atoms with Gasteiger partial charge in [0.1, 0.15) is 5.75 Å². The summed E-state index contributed by atoms with van der Waals surface area (Å²) >= 11 is 8.70. The third kappa shape index (κ3) is 5.34. The van der Waals surface area contributed by atoms with Gasteiger partial charge in [0.2, 0.25) is 0 Å². The minimum atomic E-state index is -0.888. The molecule has 1 saturated carbocycles. The highest BCUT2D eigenvalue weighted by atomic mass is 35.5. The number of benzene rings is 1.